The molecule has 1 atom stereocenters. The van der Waals surface area contributed by atoms with Crippen LogP contribution in [0, 0.1) is 6.92 Å². The number of fused-ring (bicyclic) bond motifs is 2. The minimum atomic E-state index is -1.16. The van der Waals surface area contributed by atoms with Crippen molar-refractivity contribution in [3.63, 3.8) is 0 Å². The fraction of sp³-hybridized carbons (Fsp3) is 0.333. The summed E-state index contributed by atoms with van der Waals surface area (Å²) < 4.78 is 7.26. The number of nitrogens with zero attached hydrogens (tertiary/aromatic N) is 3. The van der Waals surface area contributed by atoms with Crippen molar-refractivity contribution in [2.45, 2.75) is 39.3 Å². The standard InChI is InChI=1S/C21H22N4O4/c1-11(2)25-19-15(10-22-25)9-16(12(3)23-19)20(26)24-18(21(27)28)14-4-5-17-13(8-14)6-7-29-17/h4-5,8-11,18H,6-7H2,1-3H3,(H,24,26)(H,27,28). The summed E-state index contributed by atoms with van der Waals surface area (Å²) in [6.45, 7) is 6.32. The lowest BCUT2D eigenvalue weighted by Gasteiger charge is -2.17. The quantitative estimate of drug-likeness (QED) is 0.689. The fourth-order valence-electron chi connectivity index (χ4n) is 3.56. The first-order valence-corrected chi connectivity index (χ1v) is 9.49. The molecule has 0 aliphatic carbocycles. The van der Waals surface area contributed by atoms with Crippen LogP contribution in [0.1, 0.15) is 53.1 Å². The number of aryl methyl sites for hydroxylation is 1. The monoisotopic (exact) mass is 394 g/mol. The van der Waals surface area contributed by atoms with E-state index in [2.05, 4.69) is 15.4 Å². The molecule has 2 aromatic heterocycles. The number of carboxylic acid groups (broad SMARTS) is 1. The zero-order valence-corrected chi connectivity index (χ0v) is 16.5. The van der Waals surface area contributed by atoms with Crippen LogP contribution in [0.4, 0.5) is 0 Å². The zero-order chi connectivity index (χ0) is 20.7. The number of ether oxygens (including phenoxy) is 1. The highest BCUT2D eigenvalue weighted by Gasteiger charge is 2.26. The number of amides is 1. The molecule has 3 aromatic rings. The first-order valence-electron chi connectivity index (χ1n) is 9.49. The highest BCUT2D eigenvalue weighted by molar-refractivity contribution is 6.00. The molecule has 8 nitrogen and oxygen atoms in total. The molecule has 2 N–H and O–H groups in total. The number of nitrogens with one attached hydrogen (secondary N) is 1. The van der Waals surface area contributed by atoms with Crippen LogP contribution in [0.25, 0.3) is 11.0 Å². The number of hydrogen-bond acceptors (Lipinski definition) is 5. The highest BCUT2D eigenvalue weighted by atomic mass is 16.5. The molecule has 3 heterocycles. The molecule has 0 saturated heterocycles. The Balaban J connectivity index is 1.64. The van der Waals surface area contributed by atoms with Crippen molar-refractivity contribution in [2.75, 3.05) is 6.61 Å². The molecule has 1 aromatic carbocycles. The third kappa shape index (κ3) is 3.41. The second kappa shape index (κ2) is 7.20. The maximum absolute atomic E-state index is 12.9. The summed E-state index contributed by atoms with van der Waals surface area (Å²) >= 11 is 0. The van der Waals surface area contributed by atoms with Gasteiger partial charge in [0.25, 0.3) is 5.91 Å². The van der Waals surface area contributed by atoms with Gasteiger partial charge in [-0.15, -0.1) is 0 Å². The van der Waals surface area contributed by atoms with Crippen LogP contribution in [0.2, 0.25) is 0 Å². The number of carbonyl (C=O) groups is 2. The van der Waals surface area contributed by atoms with Gasteiger partial charge in [-0.1, -0.05) is 6.07 Å². The number of carbonyl (C=O) groups excluding carboxylic acids is 1. The van der Waals surface area contributed by atoms with Crippen LogP contribution in [0.3, 0.4) is 0 Å². The lowest BCUT2D eigenvalue weighted by Crippen LogP contribution is -2.34. The molecule has 8 heteroatoms. The third-order valence-electron chi connectivity index (χ3n) is 5.06. The van der Waals surface area contributed by atoms with E-state index in [0.29, 0.717) is 29.1 Å². The topological polar surface area (TPSA) is 106 Å². The third-order valence-corrected chi connectivity index (χ3v) is 5.06. The number of aliphatic carboxylic acids is 1. The Morgan fingerprint density at radius 2 is 2.07 bits per heavy atom. The fourth-order valence-corrected chi connectivity index (χ4v) is 3.56. The van der Waals surface area contributed by atoms with Gasteiger partial charge in [-0.2, -0.15) is 5.10 Å². The van der Waals surface area contributed by atoms with E-state index in [1.807, 2.05) is 13.8 Å². The molecule has 0 radical (unpaired) electrons. The largest absolute Gasteiger partial charge is 0.493 e. The number of carboxylic acids is 1. The SMILES string of the molecule is Cc1nc2c(cnn2C(C)C)cc1C(=O)NC(C(=O)O)c1ccc2c(c1)CCO2. The van der Waals surface area contributed by atoms with Crippen LogP contribution in [-0.4, -0.2) is 38.4 Å². The number of pyridine rings is 1. The second-order valence-electron chi connectivity index (χ2n) is 7.43. The molecule has 0 fully saturated rings. The predicted molar refractivity (Wildman–Crippen MR) is 106 cm³/mol. The maximum Gasteiger partial charge on any atom is 0.330 e. The lowest BCUT2D eigenvalue weighted by atomic mass is 10.0. The van der Waals surface area contributed by atoms with E-state index >= 15 is 0 Å². The van der Waals surface area contributed by atoms with Gasteiger partial charge in [-0.3, -0.25) is 4.79 Å². The molecule has 1 aliphatic rings. The summed E-state index contributed by atoms with van der Waals surface area (Å²) in [6.07, 6.45) is 2.39. The van der Waals surface area contributed by atoms with E-state index in [1.54, 1.807) is 42.1 Å². The summed E-state index contributed by atoms with van der Waals surface area (Å²) in [6, 6.07) is 5.88. The first-order chi connectivity index (χ1) is 13.8. The van der Waals surface area contributed by atoms with Crippen LogP contribution >= 0.6 is 0 Å². The summed E-state index contributed by atoms with van der Waals surface area (Å²) in [5.41, 5.74) is 3.00. The van der Waals surface area contributed by atoms with E-state index < -0.39 is 17.9 Å². The number of aromatic nitrogens is 3. The van der Waals surface area contributed by atoms with Crippen molar-refractivity contribution < 1.29 is 19.4 Å². The Hall–Kier alpha value is -3.42. The van der Waals surface area contributed by atoms with Gasteiger partial charge in [0.1, 0.15) is 5.75 Å². The van der Waals surface area contributed by atoms with Crippen LogP contribution in [-0.2, 0) is 11.2 Å². The number of rotatable bonds is 5. The Morgan fingerprint density at radius 1 is 1.28 bits per heavy atom. The van der Waals surface area contributed by atoms with Crippen molar-refractivity contribution in [1.29, 1.82) is 0 Å². The van der Waals surface area contributed by atoms with Crippen molar-refractivity contribution in [3.8, 4) is 5.75 Å². The van der Waals surface area contributed by atoms with Gasteiger partial charge in [0.05, 0.1) is 24.1 Å². The van der Waals surface area contributed by atoms with E-state index in [4.69, 9.17) is 4.74 Å². The minimum absolute atomic E-state index is 0.138. The van der Waals surface area contributed by atoms with Crippen molar-refractivity contribution in [3.05, 3.63) is 52.8 Å². The van der Waals surface area contributed by atoms with Gasteiger partial charge in [-0.05, 0) is 50.1 Å². The van der Waals surface area contributed by atoms with E-state index in [-0.39, 0.29) is 6.04 Å². The van der Waals surface area contributed by atoms with Gasteiger partial charge in [0.2, 0.25) is 0 Å². The molecule has 150 valence electrons. The van der Waals surface area contributed by atoms with Gasteiger partial charge in [0, 0.05) is 17.8 Å². The molecule has 0 saturated carbocycles. The molecule has 0 spiro atoms. The Kier molecular flexibility index (Phi) is 4.70. The van der Waals surface area contributed by atoms with Crippen molar-refractivity contribution >= 4 is 22.9 Å². The van der Waals surface area contributed by atoms with Crippen LogP contribution in [0.5, 0.6) is 5.75 Å². The molecule has 1 amide bonds. The lowest BCUT2D eigenvalue weighted by molar-refractivity contribution is -0.139. The normalized spacial score (nSPS) is 13.9. The maximum atomic E-state index is 12.9. The minimum Gasteiger partial charge on any atom is -0.493 e. The van der Waals surface area contributed by atoms with E-state index in [0.717, 1.165) is 23.1 Å². The molecular formula is C21H22N4O4. The Bertz CT molecular complexity index is 1120. The van der Waals surface area contributed by atoms with Gasteiger partial charge >= 0.3 is 5.97 Å². The highest BCUT2D eigenvalue weighted by Crippen LogP contribution is 2.28. The van der Waals surface area contributed by atoms with Gasteiger partial charge in [-0.25, -0.2) is 14.5 Å². The molecule has 1 unspecified atom stereocenters. The first kappa shape index (κ1) is 18.9. The van der Waals surface area contributed by atoms with Gasteiger partial charge in [0.15, 0.2) is 11.7 Å². The molecule has 1 aliphatic heterocycles. The zero-order valence-electron chi connectivity index (χ0n) is 16.5. The second-order valence-corrected chi connectivity index (χ2v) is 7.43. The summed E-state index contributed by atoms with van der Waals surface area (Å²) in [4.78, 5) is 29.3. The predicted octanol–water partition coefficient (Wildman–Crippen LogP) is 2.81. The van der Waals surface area contributed by atoms with Gasteiger partial charge < -0.3 is 15.2 Å². The van der Waals surface area contributed by atoms with Crippen LogP contribution in [0.15, 0.2) is 30.5 Å². The number of benzene rings is 1. The summed E-state index contributed by atoms with van der Waals surface area (Å²) in [7, 11) is 0. The summed E-state index contributed by atoms with van der Waals surface area (Å²) in [5.74, 6) is -0.855. The van der Waals surface area contributed by atoms with Crippen molar-refractivity contribution in [2.24, 2.45) is 0 Å². The molecular weight excluding hydrogens is 372 g/mol. The summed E-state index contributed by atoms with van der Waals surface area (Å²) in [5, 5.41) is 17.4. The Morgan fingerprint density at radius 3 is 2.79 bits per heavy atom. The molecule has 29 heavy (non-hydrogen) atoms. The van der Waals surface area contributed by atoms with Crippen LogP contribution < -0.4 is 10.1 Å². The number of hydrogen-bond donors (Lipinski definition) is 2. The van der Waals surface area contributed by atoms with E-state index in [1.165, 1.54) is 0 Å². The molecule has 4 rings (SSSR count). The molecule has 0 bridgehead atoms. The smallest absolute Gasteiger partial charge is 0.330 e. The Labute approximate surface area is 167 Å². The average Bonchev–Trinajstić information content (AvgIpc) is 3.30. The average molecular weight is 394 g/mol. The van der Waals surface area contributed by atoms with E-state index in [9.17, 15) is 14.7 Å². The van der Waals surface area contributed by atoms with Crippen molar-refractivity contribution in [1.82, 2.24) is 20.1 Å².